The van der Waals surface area contributed by atoms with Crippen molar-refractivity contribution in [2.45, 2.75) is 46.2 Å². The second-order valence-corrected chi connectivity index (χ2v) is 9.39. The number of hydrogen-bond acceptors (Lipinski definition) is 8. The molecule has 2 amide bonds. The molecule has 1 aromatic carbocycles. The zero-order valence-corrected chi connectivity index (χ0v) is 21.7. The van der Waals surface area contributed by atoms with E-state index in [1.807, 2.05) is 43.6 Å². The minimum atomic E-state index is -0.224. The standard InChI is InChI=1S/C27H34N8O2/c1-4-19-14-29-26(30-15-19)34-11-10-22-23(16-34)32-24(33-25(22)35-12-13-37-17-18(35)3)20-6-8-21(9-7-20)31-27(36)28-5-2/h6-9,14-15,18H,4-5,10-13,16-17H2,1-3H3,(H2,28,31,36)/t18-/m0/s1. The van der Waals surface area contributed by atoms with E-state index >= 15 is 0 Å². The highest BCUT2D eigenvalue weighted by molar-refractivity contribution is 5.89. The van der Waals surface area contributed by atoms with Crippen molar-refractivity contribution in [1.29, 1.82) is 0 Å². The number of morpholine rings is 1. The molecule has 0 bridgehead atoms. The van der Waals surface area contributed by atoms with Gasteiger partial charge in [-0.3, -0.25) is 0 Å². The fraction of sp³-hybridized carbons (Fsp3) is 0.444. The van der Waals surface area contributed by atoms with Crippen LogP contribution >= 0.6 is 0 Å². The molecule has 194 valence electrons. The van der Waals surface area contributed by atoms with Crippen LogP contribution in [0.5, 0.6) is 0 Å². The molecule has 0 saturated carbocycles. The Hall–Kier alpha value is -3.79. The molecule has 2 N–H and O–H groups in total. The summed E-state index contributed by atoms with van der Waals surface area (Å²) in [4.78, 5) is 35.7. The molecule has 4 heterocycles. The molecule has 0 radical (unpaired) electrons. The van der Waals surface area contributed by atoms with Gasteiger partial charge in [0.05, 0.1) is 31.5 Å². The van der Waals surface area contributed by atoms with Gasteiger partial charge in [0.15, 0.2) is 5.82 Å². The number of fused-ring (bicyclic) bond motifs is 1. The van der Waals surface area contributed by atoms with Crippen LogP contribution in [0.25, 0.3) is 11.4 Å². The highest BCUT2D eigenvalue weighted by Gasteiger charge is 2.29. The highest BCUT2D eigenvalue weighted by atomic mass is 16.5. The zero-order chi connectivity index (χ0) is 25.8. The van der Waals surface area contributed by atoms with Crippen molar-refractivity contribution < 1.29 is 9.53 Å². The maximum absolute atomic E-state index is 11.9. The fourth-order valence-electron chi connectivity index (χ4n) is 4.72. The van der Waals surface area contributed by atoms with Crippen molar-refractivity contribution >= 4 is 23.5 Å². The lowest BCUT2D eigenvalue weighted by atomic mass is 10.0. The maximum Gasteiger partial charge on any atom is 0.319 e. The molecule has 10 heteroatoms. The number of rotatable bonds is 6. The van der Waals surface area contributed by atoms with Crippen LogP contribution in [0.3, 0.4) is 0 Å². The van der Waals surface area contributed by atoms with Crippen LogP contribution < -0.4 is 20.4 Å². The Morgan fingerprint density at radius 2 is 1.89 bits per heavy atom. The minimum absolute atomic E-state index is 0.224. The minimum Gasteiger partial charge on any atom is -0.377 e. The number of hydrogen-bond donors (Lipinski definition) is 2. The lowest BCUT2D eigenvalue weighted by molar-refractivity contribution is 0.0984. The van der Waals surface area contributed by atoms with E-state index in [2.05, 4.69) is 44.2 Å². The number of amides is 2. The number of benzene rings is 1. The molecule has 0 aliphatic carbocycles. The van der Waals surface area contributed by atoms with Crippen LogP contribution in [0.1, 0.15) is 37.6 Å². The molecule has 1 saturated heterocycles. The van der Waals surface area contributed by atoms with Gasteiger partial charge in [-0.2, -0.15) is 0 Å². The van der Waals surface area contributed by atoms with Gasteiger partial charge in [-0.25, -0.2) is 24.7 Å². The first-order valence-electron chi connectivity index (χ1n) is 13.0. The Bertz CT molecular complexity index is 1230. The topological polar surface area (TPSA) is 108 Å². The summed E-state index contributed by atoms with van der Waals surface area (Å²) in [6, 6.07) is 7.65. The Morgan fingerprint density at radius 3 is 2.59 bits per heavy atom. The van der Waals surface area contributed by atoms with Gasteiger partial charge in [0.2, 0.25) is 5.95 Å². The van der Waals surface area contributed by atoms with Crippen molar-refractivity contribution in [2.24, 2.45) is 0 Å². The molecule has 2 aliphatic heterocycles. The smallest absolute Gasteiger partial charge is 0.319 e. The van der Waals surface area contributed by atoms with E-state index in [1.165, 1.54) is 5.56 Å². The van der Waals surface area contributed by atoms with Gasteiger partial charge in [0.25, 0.3) is 0 Å². The maximum atomic E-state index is 11.9. The second kappa shape index (κ2) is 11.1. The molecule has 1 fully saturated rings. The summed E-state index contributed by atoms with van der Waals surface area (Å²) in [6.45, 7) is 10.3. The van der Waals surface area contributed by atoms with Crippen molar-refractivity contribution in [3.63, 3.8) is 0 Å². The van der Waals surface area contributed by atoms with E-state index in [-0.39, 0.29) is 12.1 Å². The summed E-state index contributed by atoms with van der Waals surface area (Å²) >= 11 is 0. The van der Waals surface area contributed by atoms with Crippen molar-refractivity contribution in [1.82, 2.24) is 25.3 Å². The predicted octanol–water partition coefficient (Wildman–Crippen LogP) is 3.43. The summed E-state index contributed by atoms with van der Waals surface area (Å²) in [7, 11) is 0. The largest absolute Gasteiger partial charge is 0.377 e. The number of aromatic nitrogens is 4. The average molecular weight is 503 g/mol. The monoisotopic (exact) mass is 502 g/mol. The second-order valence-electron chi connectivity index (χ2n) is 9.39. The van der Waals surface area contributed by atoms with Crippen LogP contribution in [0, 0.1) is 0 Å². The predicted molar refractivity (Wildman–Crippen MR) is 144 cm³/mol. The third-order valence-electron chi connectivity index (χ3n) is 6.80. The molecule has 3 aromatic rings. The van der Waals surface area contributed by atoms with Gasteiger partial charge >= 0.3 is 6.03 Å². The Balaban J connectivity index is 1.48. The van der Waals surface area contributed by atoms with Gasteiger partial charge in [-0.15, -0.1) is 0 Å². The Morgan fingerprint density at radius 1 is 1.11 bits per heavy atom. The quantitative estimate of drug-likeness (QED) is 0.528. The number of nitrogens with zero attached hydrogens (tertiary/aromatic N) is 6. The van der Waals surface area contributed by atoms with Crippen molar-refractivity contribution in [3.8, 4) is 11.4 Å². The molecule has 2 aliphatic rings. The van der Waals surface area contributed by atoms with Gasteiger partial charge in [-0.05, 0) is 56.5 Å². The molecule has 2 aromatic heterocycles. The molecular formula is C27H34N8O2. The van der Waals surface area contributed by atoms with Gasteiger partial charge in [-0.1, -0.05) is 6.92 Å². The van der Waals surface area contributed by atoms with E-state index in [0.717, 1.165) is 54.5 Å². The number of anilines is 3. The third-order valence-corrected chi connectivity index (χ3v) is 6.80. The SMILES string of the molecule is CCNC(=O)Nc1ccc(-c2nc3c(c(N4CCOC[C@@H]4C)n2)CCN(c2ncc(CC)cn2)C3)cc1. The van der Waals surface area contributed by atoms with Crippen LogP contribution in [0.15, 0.2) is 36.7 Å². The summed E-state index contributed by atoms with van der Waals surface area (Å²) in [5, 5.41) is 5.58. The first-order valence-corrected chi connectivity index (χ1v) is 13.0. The number of carbonyl (C=O) groups is 1. The van der Waals surface area contributed by atoms with E-state index in [9.17, 15) is 4.79 Å². The highest BCUT2D eigenvalue weighted by Crippen LogP contribution is 2.32. The first-order chi connectivity index (χ1) is 18.1. The lowest BCUT2D eigenvalue weighted by Crippen LogP contribution is -2.45. The normalized spacial score (nSPS) is 17.3. The summed E-state index contributed by atoms with van der Waals surface area (Å²) in [5.41, 5.74) is 4.92. The Labute approximate surface area is 217 Å². The number of nitrogens with one attached hydrogen (secondary N) is 2. The molecular weight excluding hydrogens is 468 g/mol. The van der Waals surface area contributed by atoms with Crippen molar-refractivity contribution in [2.75, 3.05) is 48.0 Å². The van der Waals surface area contributed by atoms with Gasteiger partial charge < -0.3 is 25.2 Å². The van der Waals surface area contributed by atoms with E-state index < -0.39 is 0 Å². The van der Waals surface area contributed by atoms with Crippen LogP contribution in [-0.2, 0) is 24.1 Å². The fourth-order valence-corrected chi connectivity index (χ4v) is 4.72. The summed E-state index contributed by atoms with van der Waals surface area (Å²) < 4.78 is 5.70. The summed E-state index contributed by atoms with van der Waals surface area (Å²) in [5.74, 6) is 2.38. The first kappa shape index (κ1) is 24.9. The van der Waals surface area contributed by atoms with Crippen LogP contribution in [0.2, 0.25) is 0 Å². The molecule has 1 atom stereocenters. The van der Waals surface area contributed by atoms with E-state index in [4.69, 9.17) is 14.7 Å². The zero-order valence-electron chi connectivity index (χ0n) is 21.7. The Kier molecular flexibility index (Phi) is 7.45. The molecule has 0 unspecified atom stereocenters. The van der Waals surface area contributed by atoms with E-state index in [0.29, 0.717) is 37.8 Å². The van der Waals surface area contributed by atoms with Crippen LogP contribution in [-0.4, -0.2) is 64.9 Å². The van der Waals surface area contributed by atoms with Gasteiger partial charge in [0.1, 0.15) is 5.82 Å². The molecule has 5 rings (SSSR count). The third kappa shape index (κ3) is 5.48. The van der Waals surface area contributed by atoms with E-state index in [1.54, 1.807) is 0 Å². The summed E-state index contributed by atoms with van der Waals surface area (Å²) in [6.07, 6.45) is 5.54. The number of aryl methyl sites for hydroxylation is 1. The molecule has 10 nitrogen and oxygen atoms in total. The van der Waals surface area contributed by atoms with Crippen LogP contribution in [0.4, 0.5) is 22.2 Å². The lowest BCUT2D eigenvalue weighted by Gasteiger charge is -2.37. The number of urea groups is 1. The number of ether oxygens (including phenoxy) is 1. The molecule has 0 spiro atoms. The van der Waals surface area contributed by atoms with Crippen molar-refractivity contribution in [3.05, 3.63) is 53.5 Å². The van der Waals surface area contributed by atoms with Gasteiger partial charge in [0, 0.05) is 48.8 Å². The molecule has 37 heavy (non-hydrogen) atoms. The number of carbonyl (C=O) groups excluding carboxylic acids is 1. The average Bonchev–Trinajstić information content (AvgIpc) is 2.93.